The van der Waals surface area contributed by atoms with Gasteiger partial charge in [-0.2, -0.15) is 0 Å². The molecule has 49 heavy (non-hydrogen) atoms. The van der Waals surface area contributed by atoms with Gasteiger partial charge in [-0.25, -0.2) is 0 Å². The number of hydrogen-bond acceptors (Lipinski definition) is 1. The Morgan fingerprint density at radius 1 is 0.571 bits per heavy atom. The number of benzene rings is 7. The molecule has 3 heteroatoms. The normalized spacial score (nSPS) is 14.5. The van der Waals surface area contributed by atoms with Crippen LogP contribution >= 0.6 is 0 Å². The minimum atomic E-state index is -0.103. The van der Waals surface area contributed by atoms with Crippen LogP contribution in [0.1, 0.15) is 30.5 Å². The number of rotatable bonds is 2. The summed E-state index contributed by atoms with van der Waals surface area (Å²) in [6.07, 6.45) is 0. The second kappa shape index (κ2) is 9.42. The third-order valence-electron chi connectivity index (χ3n) is 11.5. The number of anilines is 2. The third-order valence-corrected chi connectivity index (χ3v) is 11.5. The molecule has 0 spiro atoms. The van der Waals surface area contributed by atoms with Gasteiger partial charge in [-0.05, 0) is 92.3 Å². The molecule has 0 unspecified atom stereocenters. The van der Waals surface area contributed by atoms with E-state index < -0.39 is 0 Å². The lowest BCUT2D eigenvalue weighted by Gasteiger charge is -2.42. The number of aryl methyl sites for hydroxylation is 1. The van der Waals surface area contributed by atoms with Crippen molar-refractivity contribution in [3.8, 4) is 39.2 Å². The second-order valence-electron chi connectivity index (χ2n) is 14.6. The summed E-state index contributed by atoms with van der Waals surface area (Å²) in [5, 5.41) is 3.90. The lowest BCUT2D eigenvalue weighted by molar-refractivity contribution is 0.666. The molecule has 0 atom stereocenters. The highest BCUT2D eigenvalue weighted by molar-refractivity contribution is 6.93. The van der Waals surface area contributed by atoms with Crippen LogP contribution in [0.15, 0.2) is 146 Å². The average Bonchev–Trinajstić information content (AvgIpc) is 3.61. The lowest BCUT2D eigenvalue weighted by Crippen LogP contribution is -2.60. The Bertz CT molecular complexity index is 2700. The first-order valence-electron chi connectivity index (χ1n) is 17.4. The first-order chi connectivity index (χ1) is 24.0. The molecular weight excluding hydrogens is 591 g/mol. The minimum Gasteiger partial charge on any atom is -0.376 e. The first-order valence-corrected chi connectivity index (χ1v) is 17.4. The van der Waals surface area contributed by atoms with E-state index in [1.807, 2.05) is 0 Å². The number of hydrogen-bond donors (Lipinski definition) is 0. The van der Waals surface area contributed by atoms with E-state index in [9.17, 15) is 0 Å². The fraction of sp³-hybridized carbons (Fsp3) is 0.0870. The van der Waals surface area contributed by atoms with Crippen molar-refractivity contribution in [1.82, 2.24) is 4.57 Å². The van der Waals surface area contributed by atoms with E-state index in [0.29, 0.717) is 0 Å². The first kappa shape index (κ1) is 27.2. The zero-order chi connectivity index (χ0) is 32.6. The predicted octanol–water partition coefficient (Wildman–Crippen LogP) is 10.3. The molecule has 0 saturated carbocycles. The average molecular weight is 625 g/mol. The molecule has 8 aromatic rings. The SMILES string of the molecule is Cc1cc2c3c(c1)-n1c4c(c5cccc(c51)B3N(c1ccc(-c3ccccc3)cc1)c1cc3ccccc3cc1-2)C(C)(C)c1ccccc1-4. The zero-order valence-electron chi connectivity index (χ0n) is 27.8. The quantitative estimate of drug-likeness (QED) is 0.174. The molecule has 1 aliphatic carbocycles. The number of para-hydroxylation sites is 1. The van der Waals surface area contributed by atoms with Gasteiger partial charge in [-0.15, -0.1) is 0 Å². The van der Waals surface area contributed by atoms with Crippen molar-refractivity contribution >= 4 is 50.8 Å². The molecule has 2 nitrogen and oxygen atoms in total. The van der Waals surface area contributed by atoms with Crippen LogP contribution in [0, 0.1) is 6.92 Å². The van der Waals surface area contributed by atoms with Crippen LogP contribution in [0.4, 0.5) is 11.4 Å². The molecule has 0 radical (unpaired) electrons. The molecule has 0 N–H and O–H groups in total. The molecule has 1 aromatic heterocycles. The van der Waals surface area contributed by atoms with Gasteiger partial charge in [-0.3, -0.25) is 0 Å². The summed E-state index contributed by atoms with van der Waals surface area (Å²) < 4.78 is 2.64. The smallest absolute Gasteiger partial charge is 0.333 e. The van der Waals surface area contributed by atoms with E-state index in [2.05, 4.69) is 176 Å². The summed E-state index contributed by atoms with van der Waals surface area (Å²) in [7, 11) is 0. The van der Waals surface area contributed by atoms with Gasteiger partial charge in [0.25, 0.3) is 0 Å². The Kier molecular flexibility index (Phi) is 5.23. The van der Waals surface area contributed by atoms with Gasteiger partial charge in [0.1, 0.15) is 0 Å². The molecule has 11 rings (SSSR count). The highest BCUT2D eigenvalue weighted by Crippen LogP contribution is 2.55. The number of fused-ring (bicyclic) bond motifs is 10. The van der Waals surface area contributed by atoms with Crippen molar-refractivity contribution in [3.63, 3.8) is 0 Å². The molecule has 0 saturated heterocycles. The Morgan fingerprint density at radius 2 is 1.29 bits per heavy atom. The van der Waals surface area contributed by atoms with Crippen molar-refractivity contribution in [1.29, 1.82) is 0 Å². The van der Waals surface area contributed by atoms with E-state index in [4.69, 9.17) is 0 Å². The van der Waals surface area contributed by atoms with Crippen LogP contribution in [-0.4, -0.2) is 11.4 Å². The van der Waals surface area contributed by atoms with Crippen LogP contribution in [0.5, 0.6) is 0 Å². The van der Waals surface area contributed by atoms with E-state index in [-0.39, 0.29) is 12.3 Å². The molecular formula is C46H33BN2. The third kappa shape index (κ3) is 3.47. The molecule has 2 aliphatic heterocycles. The maximum Gasteiger partial charge on any atom is 0.333 e. The molecule has 230 valence electrons. The number of nitrogens with zero attached hydrogens (tertiary/aromatic N) is 2. The largest absolute Gasteiger partial charge is 0.376 e. The fourth-order valence-electron chi connectivity index (χ4n) is 9.50. The van der Waals surface area contributed by atoms with Crippen LogP contribution < -0.4 is 15.7 Å². The summed E-state index contributed by atoms with van der Waals surface area (Å²) in [5.41, 5.74) is 19.7. The van der Waals surface area contributed by atoms with E-state index >= 15 is 0 Å². The van der Waals surface area contributed by atoms with Crippen LogP contribution in [-0.2, 0) is 5.41 Å². The number of aromatic nitrogens is 1. The summed E-state index contributed by atoms with van der Waals surface area (Å²) in [6, 6.07) is 54.6. The van der Waals surface area contributed by atoms with E-state index in [1.165, 1.54) is 99.9 Å². The van der Waals surface area contributed by atoms with Gasteiger partial charge in [0.05, 0.1) is 11.2 Å². The van der Waals surface area contributed by atoms with Crippen molar-refractivity contribution in [2.24, 2.45) is 0 Å². The second-order valence-corrected chi connectivity index (χ2v) is 14.6. The van der Waals surface area contributed by atoms with E-state index in [1.54, 1.807) is 0 Å². The predicted molar refractivity (Wildman–Crippen MR) is 208 cm³/mol. The molecule has 3 aliphatic rings. The van der Waals surface area contributed by atoms with Gasteiger partial charge in [0.15, 0.2) is 0 Å². The Balaban J connectivity index is 1.26. The highest BCUT2D eigenvalue weighted by atomic mass is 15.1. The van der Waals surface area contributed by atoms with Crippen LogP contribution in [0.3, 0.4) is 0 Å². The summed E-state index contributed by atoms with van der Waals surface area (Å²) in [5.74, 6) is 0. The topological polar surface area (TPSA) is 8.17 Å². The van der Waals surface area contributed by atoms with Crippen molar-refractivity contribution in [2.45, 2.75) is 26.2 Å². The summed E-state index contributed by atoms with van der Waals surface area (Å²) in [6.45, 7) is 7.10. The van der Waals surface area contributed by atoms with Crippen molar-refractivity contribution < 1.29 is 0 Å². The van der Waals surface area contributed by atoms with Gasteiger partial charge >= 0.3 is 6.85 Å². The summed E-state index contributed by atoms with van der Waals surface area (Å²) in [4.78, 5) is 2.63. The summed E-state index contributed by atoms with van der Waals surface area (Å²) >= 11 is 0. The van der Waals surface area contributed by atoms with Crippen LogP contribution in [0.2, 0.25) is 0 Å². The Labute approximate surface area is 287 Å². The molecule has 0 bridgehead atoms. The fourth-order valence-corrected chi connectivity index (χ4v) is 9.50. The maximum absolute atomic E-state index is 2.64. The molecule has 7 aromatic carbocycles. The Morgan fingerprint density at radius 3 is 2.10 bits per heavy atom. The van der Waals surface area contributed by atoms with Gasteiger partial charge in [0, 0.05) is 39.0 Å². The standard InChI is InChI=1S/C46H33BN2/c1-28-24-37-36-26-31-14-7-8-15-32(31)27-40(36)49(33-22-20-30(21-23-33)29-12-5-4-6-13-29)47-39-19-11-17-35-42-45(48(44(35)39)41(25-28)43(37)47)34-16-9-10-18-38(34)46(42,2)3/h4-27H,1-3H3. The van der Waals surface area contributed by atoms with Crippen LogP contribution in [0.25, 0.3) is 60.9 Å². The van der Waals surface area contributed by atoms with Crippen molar-refractivity contribution in [3.05, 3.63) is 162 Å². The molecule has 3 heterocycles. The maximum atomic E-state index is 2.64. The molecule has 0 amide bonds. The van der Waals surface area contributed by atoms with Crippen molar-refractivity contribution in [2.75, 3.05) is 4.81 Å². The monoisotopic (exact) mass is 624 g/mol. The van der Waals surface area contributed by atoms with E-state index in [0.717, 1.165) is 0 Å². The Hall–Kier alpha value is -5.80. The lowest BCUT2D eigenvalue weighted by atomic mass is 9.44. The zero-order valence-corrected chi connectivity index (χ0v) is 27.8. The van der Waals surface area contributed by atoms with Gasteiger partial charge < -0.3 is 9.38 Å². The molecule has 0 fully saturated rings. The minimum absolute atomic E-state index is 0.0198. The van der Waals surface area contributed by atoms with Gasteiger partial charge in [-0.1, -0.05) is 129 Å². The highest BCUT2D eigenvalue weighted by Gasteiger charge is 2.47. The van der Waals surface area contributed by atoms with Gasteiger partial charge in [0.2, 0.25) is 0 Å².